The first-order valence-electron chi connectivity index (χ1n) is 6.68. The van der Waals surface area contributed by atoms with Crippen LogP contribution in [0.15, 0.2) is 30.6 Å². The lowest BCUT2D eigenvalue weighted by atomic mass is 9.89. The lowest BCUT2D eigenvalue weighted by Gasteiger charge is -2.24. The molecule has 1 saturated heterocycles. The number of amides is 1. The van der Waals surface area contributed by atoms with Crippen LogP contribution in [0.4, 0.5) is 11.4 Å². The summed E-state index contributed by atoms with van der Waals surface area (Å²) >= 11 is 0. The summed E-state index contributed by atoms with van der Waals surface area (Å²) in [5.41, 5.74) is 12.8. The van der Waals surface area contributed by atoms with E-state index in [0.717, 1.165) is 29.4 Å². The van der Waals surface area contributed by atoms with Gasteiger partial charge < -0.3 is 16.4 Å². The number of carbonyl (C=O) groups is 1. The van der Waals surface area contributed by atoms with Gasteiger partial charge in [0.15, 0.2) is 0 Å². The van der Waals surface area contributed by atoms with Gasteiger partial charge in [0, 0.05) is 47.6 Å². The first-order chi connectivity index (χ1) is 9.51. The van der Waals surface area contributed by atoms with Gasteiger partial charge in [-0.2, -0.15) is 0 Å². The monoisotopic (exact) mass is 270 g/mol. The number of pyridine rings is 1. The Kier molecular flexibility index (Phi) is 2.78. The highest BCUT2D eigenvalue weighted by molar-refractivity contribution is 6.01. The molecule has 1 amide bonds. The number of benzene rings is 1. The molecule has 1 aromatic heterocycles. The van der Waals surface area contributed by atoms with Crippen molar-refractivity contribution in [1.82, 2.24) is 4.98 Å². The Morgan fingerprint density at radius 1 is 1.35 bits per heavy atom. The van der Waals surface area contributed by atoms with Crippen molar-refractivity contribution in [2.45, 2.75) is 13.3 Å². The minimum Gasteiger partial charge on any atom is -0.398 e. The summed E-state index contributed by atoms with van der Waals surface area (Å²) in [4.78, 5) is 17.9. The van der Waals surface area contributed by atoms with Gasteiger partial charge in [-0.05, 0) is 31.5 Å². The fourth-order valence-electron chi connectivity index (χ4n) is 2.84. The summed E-state index contributed by atoms with van der Waals surface area (Å²) in [6, 6.07) is 5.85. The van der Waals surface area contributed by atoms with Crippen LogP contribution < -0.4 is 16.4 Å². The topological polar surface area (TPSA) is 85.2 Å². The standard InChI is InChI=1S/C15H18N4O/c1-15(14(17)20)5-7-19(9-15)13-3-2-12(16)11-8-18-6-4-10(11)13/h2-4,6,8H,5,7,9,16H2,1H3,(H2,17,20). The number of nitrogen functional groups attached to an aromatic ring is 1. The van der Waals surface area contributed by atoms with Gasteiger partial charge in [-0.25, -0.2) is 0 Å². The predicted octanol–water partition coefficient (Wildman–Crippen LogP) is 1.52. The van der Waals surface area contributed by atoms with Crippen molar-refractivity contribution in [3.8, 4) is 0 Å². The van der Waals surface area contributed by atoms with Crippen molar-refractivity contribution in [2.24, 2.45) is 11.1 Å². The number of rotatable bonds is 2. The number of hydrogen-bond donors (Lipinski definition) is 2. The molecule has 5 nitrogen and oxygen atoms in total. The van der Waals surface area contributed by atoms with Crippen LogP contribution in [0.25, 0.3) is 10.8 Å². The maximum atomic E-state index is 11.6. The maximum Gasteiger partial charge on any atom is 0.225 e. The van der Waals surface area contributed by atoms with E-state index in [2.05, 4.69) is 9.88 Å². The number of nitrogens with two attached hydrogens (primary N) is 2. The molecule has 5 heteroatoms. The summed E-state index contributed by atoms with van der Waals surface area (Å²) in [6.45, 7) is 3.39. The highest BCUT2D eigenvalue weighted by atomic mass is 16.1. The third-order valence-corrected chi connectivity index (χ3v) is 4.24. The average molecular weight is 270 g/mol. The van der Waals surface area contributed by atoms with Crippen LogP contribution in [0.5, 0.6) is 0 Å². The smallest absolute Gasteiger partial charge is 0.225 e. The van der Waals surface area contributed by atoms with Gasteiger partial charge in [0.05, 0.1) is 5.41 Å². The lowest BCUT2D eigenvalue weighted by molar-refractivity contribution is -0.125. The second kappa shape index (κ2) is 4.37. The van der Waals surface area contributed by atoms with Gasteiger partial charge in [0.25, 0.3) is 0 Å². The van der Waals surface area contributed by atoms with E-state index in [0.29, 0.717) is 12.2 Å². The first-order valence-corrected chi connectivity index (χ1v) is 6.68. The molecule has 0 radical (unpaired) electrons. The second-order valence-electron chi connectivity index (χ2n) is 5.69. The van der Waals surface area contributed by atoms with Crippen LogP contribution in [0.2, 0.25) is 0 Å². The van der Waals surface area contributed by atoms with Gasteiger partial charge in [-0.15, -0.1) is 0 Å². The predicted molar refractivity (Wildman–Crippen MR) is 80.3 cm³/mol. The van der Waals surface area contributed by atoms with E-state index in [1.54, 1.807) is 12.4 Å². The number of hydrogen-bond acceptors (Lipinski definition) is 4. The molecular formula is C15H18N4O. The Labute approximate surface area is 117 Å². The zero-order valence-electron chi connectivity index (χ0n) is 11.5. The molecule has 4 N–H and O–H groups in total. The van der Waals surface area contributed by atoms with E-state index < -0.39 is 5.41 Å². The van der Waals surface area contributed by atoms with Crippen LogP contribution >= 0.6 is 0 Å². The second-order valence-corrected chi connectivity index (χ2v) is 5.69. The Morgan fingerprint density at radius 2 is 2.15 bits per heavy atom. The molecule has 2 aromatic rings. The number of fused-ring (bicyclic) bond motifs is 1. The minimum absolute atomic E-state index is 0.235. The summed E-state index contributed by atoms with van der Waals surface area (Å²) in [5, 5.41) is 2.01. The summed E-state index contributed by atoms with van der Waals surface area (Å²) in [6.07, 6.45) is 4.31. The van der Waals surface area contributed by atoms with E-state index in [1.807, 2.05) is 25.1 Å². The molecule has 0 saturated carbocycles. The van der Waals surface area contributed by atoms with Crippen LogP contribution in [0.3, 0.4) is 0 Å². The molecule has 1 unspecified atom stereocenters. The number of nitrogens with zero attached hydrogens (tertiary/aromatic N) is 2. The molecule has 1 atom stereocenters. The SMILES string of the molecule is CC1(C(N)=O)CCN(c2ccc(N)c3cnccc23)C1. The Hall–Kier alpha value is -2.30. The van der Waals surface area contributed by atoms with Gasteiger partial charge in [-0.1, -0.05) is 0 Å². The summed E-state index contributed by atoms with van der Waals surface area (Å²) in [7, 11) is 0. The highest BCUT2D eigenvalue weighted by Gasteiger charge is 2.39. The minimum atomic E-state index is -0.458. The van der Waals surface area contributed by atoms with E-state index in [4.69, 9.17) is 11.5 Å². The van der Waals surface area contributed by atoms with Gasteiger partial charge in [0.1, 0.15) is 0 Å². The third kappa shape index (κ3) is 1.86. The lowest BCUT2D eigenvalue weighted by Crippen LogP contribution is -2.37. The first kappa shape index (κ1) is 12.7. The van der Waals surface area contributed by atoms with Crippen LogP contribution in [0.1, 0.15) is 13.3 Å². The summed E-state index contributed by atoms with van der Waals surface area (Å²) < 4.78 is 0. The quantitative estimate of drug-likeness (QED) is 0.810. The molecule has 1 aliphatic rings. The normalized spacial score (nSPS) is 22.4. The molecule has 20 heavy (non-hydrogen) atoms. The van der Waals surface area contributed by atoms with Crippen molar-refractivity contribution >= 4 is 28.1 Å². The molecule has 1 fully saturated rings. The van der Waals surface area contributed by atoms with E-state index in [9.17, 15) is 4.79 Å². The van der Waals surface area contributed by atoms with Crippen molar-refractivity contribution in [3.63, 3.8) is 0 Å². The molecule has 1 aliphatic heterocycles. The zero-order valence-corrected chi connectivity index (χ0v) is 11.5. The molecule has 1 aromatic carbocycles. The fraction of sp³-hybridized carbons (Fsp3) is 0.333. The molecule has 104 valence electrons. The highest BCUT2D eigenvalue weighted by Crippen LogP contribution is 2.37. The fourth-order valence-corrected chi connectivity index (χ4v) is 2.84. The number of primary amides is 1. The molecule has 0 aliphatic carbocycles. The zero-order chi connectivity index (χ0) is 14.3. The van der Waals surface area contributed by atoms with Gasteiger partial charge >= 0.3 is 0 Å². The molecule has 3 rings (SSSR count). The summed E-state index contributed by atoms with van der Waals surface area (Å²) in [5.74, 6) is -0.235. The van der Waals surface area contributed by atoms with Gasteiger partial charge in [0.2, 0.25) is 5.91 Å². The molecule has 0 bridgehead atoms. The van der Waals surface area contributed by atoms with Gasteiger partial charge in [-0.3, -0.25) is 9.78 Å². The number of carbonyl (C=O) groups excluding carboxylic acids is 1. The van der Waals surface area contributed by atoms with Crippen molar-refractivity contribution in [1.29, 1.82) is 0 Å². The van der Waals surface area contributed by atoms with Crippen LogP contribution in [-0.4, -0.2) is 24.0 Å². The van der Waals surface area contributed by atoms with Crippen molar-refractivity contribution < 1.29 is 4.79 Å². The molecular weight excluding hydrogens is 252 g/mol. The molecule has 0 spiro atoms. The average Bonchev–Trinajstić information content (AvgIpc) is 2.83. The maximum absolute atomic E-state index is 11.6. The number of anilines is 2. The van der Waals surface area contributed by atoms with Crippen molar-refractivity contribution in [2.75, 3.05) is 23.7 Å². The Bertz CT molecular complexity index is 685. The van der Waals surface area contributed by atoms with Crippen LogP contribution in [0, 0.1) is 5.41 Å². The van der Waals surface area contributed by atoms with E-state index in [1.165, 1.54) is 0 Å². The largest absolute Gasteiger partial charge is 0.398 e. The van der Waals surface area contributed by atoms with E-state index >= 15 is 0 Å². The van der Waals surface area contributed by atoms with Crippen LogP contribution in [-0.2, 0) is 4.79 Å². The number of aromatic nitrogens is 1. The van der Waals surface area contributed by atoms with E-state index in [-0.39, 0.29) is 5.91 Å². The molecule has 2 heterocycles. The Balaban J connectivity index is 2.05. The van der Waals surface area contributed by atoms with Crippen molar-refractivity contribution in [3.05, 3.63) is 30.6 Å². The third-order valence-electron chi connectivity index (χ3n) is 4.24. The Morgan fingerprint density at radius 3 is 2.85 bits per heavy atom.